The van der Waals surface area contributed by atoms with Crippen LogP contribution >= 0.6 is 0 Å². The molecule has 0 aromatic rings. The van der Waals surface area contributed by atoms with Crippen molar-refractivity contribution in [2.45, 2.75) is 51.5 Å². The van der Waals surface area contributed by atoms with Crippen molar-refractivity contribution in [2.24, 2.45) is 5.41 Å². The first-order valence-corrected chi connectivity index (χ1v) is 6.98. The number of carbonyl (C=O) groups excluding carboxylic acids is 1. The molecule has 2 heterocycles. The molecule has 18 heavy (non-hydrogen) atoms. The highest BCUT2D eigenvalue weighted by molar-refractivity contribution is 5.85. The van der Waals surface area contributed by atoms with E-state index in [2.05, 4.69) is 18.4 Å². The molecule has 0 radical (unpaired) electrons. The van der Waals surface area contributed by atoms with Crippen LogP contribution in [0.1, 0.15) is 45.4 Å². The minimum Gasteiger partial charge on any atom is -0.456 e. The molecule has 1 atom stereocenters. The van der Waals surface area contributed by atoms with Gasteiger partial charge in [0.05, 0.1) is 5.70 Å². The number of nitrogens with zero attached hydrogens (tertiary/aromatic N) is 1. The zero-order chi connectivity index (χ0) is 12.8. The molecule has 3 nitrogen and oxygen atoms in total. The van der Waals surface area contributed by atoms with Crippen LogP contribution in [0.15, 0.2) is 24.0 Å². The molecule has 0 bridgehead atoms. The second kappa shape index (κ2) is 4.15. The molecule has 1 aliphatic carbocycles. The molecule has 98 valence electrons. The average Bonchev–Trinajstić information content (AvgIpc) is 2.85. The Hall–Kier alpha value is -1.25. The molecular weight excluding hydrogens is 226 g/mol. The summed E-state index contributed by atoms with van der Waals surface area (Å²) in [7, 11) is 0. The summed E-state index contributed by atoms with van der Waals surface area (Å²) < 4.78 is 5.04. The quantitative estimate of drug-likeness (QED) is 0.667. The predicted molar refractivity (Wildman–Crippen MR) is 69.6 cm³/mol. The number of ether oxygens (including phenoxy) is 1. The summed E-state index contributed by atoms with van der Waals surface area (Å²) in [5.41, 5.74) is 2.52. The highest BCUT2D eigenvalue weighted by Crippen LogP contribution is 2.53. The first-order valence-electron chi connectivity index (χ1n) is 6.98. The topological polar surface area (TPSA) is 29.5 Å². The number of esters is 1. The number of hydrogen-bond acceptors (Lipinski definition) is 3. The van der Waals surface area contributed by atoms with Gasteiger partial charge in [0.2, 0.25) is 0 Å². The standard InChI is InChI=1S/C15H21NO2/c1-11-9-15(6-4-3-5-7-15)12(2)16(11)13-8-14(17)18-10-13/h8,11H,2-7,9-10H2,1H3. The molecule has 1 saturated carbocycles. The Morgan fingerprint density at radius 3 is 2.72 bits per heavy atom. The molecule has 3 aliphatic rings. The molecule has 2 aliphatic heterocycles. The highest BCUT2D eigenvalue weighted by atomic mass is 16.5. The van der Waals surface area contributed by atoms with Crippen LogP contribution in [0.4, 0.5) is 0 Å². The molecule has 2 fully saturated rings. The van der Waals surface area contributed by atoms with Crippen LogP contribution in [0, 0.1) is 5.41 Å². The number of hydrogen-bond donors (Lipinski definition) is 0. The Balaban J connectivity index is 1.86. The molecule has 0 aromatic carbocycles. The van der Waals surface area contributed by atoms with E-state index in [-0.39, 0.29) is 5.97 Å². The SMILES string of the molecule is C=C1N(C2=CC(=O)OC2)C(C)CC12CCCCC2. The van der Waals surface area contributed by atoms with E-state index in [1.165, 1.54) is 44.2 Å². The van der Waals surface area contributed by atoms with Crippen LogP contribution in [0.5, 0.6) is 0 Å². The lowest BCUT2D eigenvalue weighted by molar-refractivity contribution is -0.135. The smallest absolute Gasteiger partial charge is 0.333 e. The molecule has 3 rings (SSSR count). The maximum absolute atomic E-state index is 11.2. The van der Waals surface area contributed by atoms with Crippen molar-refractivity contribution in [3.05, 3.63) is 24.0 Å². The van der Waals surface area contributed by atoms with Gasteiger partial charge < -0.3 is 9.64 Å². The van der Waals surface area contributed by atoms with E-state index in [1.54, 1.807) is 6.08 Å². The van der Waals surface area contributed by atoms with E-state index in [9.17, 15) is 4.79 Å². The van der Waals surface area contributed by atoms with Crippen LogP contribution in [-0.2, 0) is 9.53 Å². The molecule has 0 N–H and O–H groups in total. The maximum Gasteiger partial charge on any atom is 0.333 e. The summed E-state index contributed by atoms with van der Waals surface area (Å²) >= 11 is 0. The van der Waals surface area contributed by atoms with Gasteiger partial charge in [-0.05, 0) is 26.2 Å². The first kappa shape index (κ1) is 11.8. The Morgan fingerprint density at radius 2 is 2.11 bits per heavy atom. The average molecular weight is 247 g/mol. The van der Waals surface area contributed by atoms with Crippen molar-refractivity contribution >= 4 is 5.97 Å². The van der Waals surface area contributed by atoms with Crippen LogP contribution in [0.25, 0.3) is 0 Å². The van der Waals surface area contributed by atoms with Gasteiger partial charge in [-0.2, -0.15) is 0 Å². The Bertz CT molecular complexity index is 418. The second-order valence-electron chi connectivity index (χ2n) is 5.95. The van der Waals surface area contributed by atoms with E-state index < -0.39 is 0 Å². The molecule has 0 amide bonds. The Morgan fingerprint density at radius 1 is 1.39 bits per heavy atom. The van der Waals surface area contributed by atoms with Gasteiger partial charge in [0, 0.05) is 23.2 Å². The van der Waals surface area contributed by atoms with Gasteiger partial charge in [-0.25, -0.2) is 4.79 Å². The summed E-state index contributed by atoms with van der Waals surface area (Å²) in [5, 5.41) is 0. The lowest BCUT2D eigenvalue weighted by Gasteiger charge is -2.35. The summed E-state index contributed by atoms with van der Waals surface area (Å²) in [6, 6.07) is 0.441. The van der Waals surface area contributed by atoms with Crippen LogP contribution in [0.3, 0.4) is 0 Å². The molecule has 1 spiro atoms. The number of rotatable bonds is 1. The third-order valence-corrected chi connectivity index (χ3v) is 4.80. The lowest BCUT2D eigenvalue weighted by atomic mass is 9.71. The van der Waals surface area contributed by atoms with E-state index in [0.717, 1.165) is 5.70 Å². The molecule has 1 saturated heterocycles. The van der Waals surface area contributed by atoms with Crippen molar-refractivity contribution in [3.8, 4) is 0 Å². The van der Waals surface area contributed by atoms with Crippen molar-refractivity contribution in [2.75, 3.05) is 6.61 Å². The van der Waals surface area contributed by atoms with Gasteiger partial charge in [0.15, 0.2) is 0 Å². The van der Waals surface area contributed by atoms with Gasteiger partial charge in [0.1, 0.15) is 6.61 Å². The highest BCUT2D eigenvalue weighted by Gasteiger charge is 2.47. The van der Waals surface area contributed by atoms with E-state index >= 15 is 0 Å². The fourth-order valence-electron chi connectivity index (χ4n) is 3.98. The van der Waals surface area contributed by atoms with E-state index in [4.69, 9.17) is 4.74 Å². The van der Waals surface area contributed by atoms with E-state index in [0.29, 0.717) is 18.1 Å². The monoisotopic (exact) mass is 247 g/mol. The zero-order valence-electron chi connectivity index (χ0n) is 11.1. The number of carbonyl (C=O) groups is 1. The third kappa shape index (κ3) is 1.68. The predicted octanol–water partition coefficient (Wildman–Crippen LogP) is 2.99. The van der Waals surface area contributed by atoms with Crippen molar-refractivity contribution < 1.29 is 9.53 Å². The lowest BCUT2D eigenvalue weighted by Crippen LogP contribution is -2.28. The first-order chi connectivity index (χ1) is 8.62. The number of allylic oxidation sites excluding steroid dienone is 1. The number of cyclic esters (lactones) is 1. The maximum atomic E-state index is 11.2. The van der Waals surface area contributed by atoms with Crippen LogP contribution < -0.4 is 0 Å². The van der Waals surface area contributed by atoms with Gasteiger partial charge >= 0.3 is 5.97 Å². The minimum absolute atomic E-state index is 0.213. The molecule has 0 aromatic heterocycles. The van der Waals surface area contributed by atoms with Crippen LogP contribution in [0.2, 0.25) is 0 Å². The van der Waals surface area contributed by atoms with Gasteiger partial charge in [0.25, 0.3) is 0 Å². The Labute approximate surface area is 108 Å². The fraction of sp³-hybridized carbons (Fsp3) is 0.667. The Kier molecular flexibility index (Phi) is 2.72. The zero-order valence-corrected chi connectivity index (χ0v) is 11.1. The molecule has 1 unspecified atom stereocenters. The number of likely N-dealkylation sites (tertiary alicyclic amines) is 1. The molecular formula is C15H21NO2. The van der Waals surface area contributed by atoms with E-state index in [1.807, 2.05) is 0 Å². The van der Waals surface area contributed by atoms with Crippen LogP contribution in [-0.4, -0.2) is 23.5 Å². The summed E-state index contributed by atoms with van der Waals surface area (Å²) in [5.74, 6) is -0.213. The molecule has 3 heteroatoms. The summed E-state index contributed by atoms with van der Waals surface area (Å²) in [6.07, 6.45) is 9.31. The van der Waals surface area contributed by atoms with Gasteiger partial charge in [-0.1, -0.05) is 25.8 Å². The second-order valence-corrected chi connectivity index (χ2v) is 5.95. The van der Waals surface area contributed by atoms with Crippen molar-refractivity contribution in [3.63, 3.8) is 0 Å². The summed E-state index contributed by atoms with van der Waals surface area (Å²) in [4.78, 5) is 13.5. The normalized spacial score (nSPS) is 30.8. The van der Waals surface area contributed by atoms with Crippen molar-refractivity contribution in [1.29, 1.82) is 0 Å². The fourth-order valence-corrected chi connectivity index (χ4v) is 3.98. The minimum atomic E-state index is -0.213. The summed E-state index contributed by atoms with van der Waals surface area (Å²) in [6.45, 7) is 7.00. The largest absolute Gasteiger partial charge is 0.456 e. The van der Waals surface area contributed by atoms with Crippen molar-refractivity contribution in [1.82, 2.24) is 4.90 Å². The van der Waals surface area contributed by atoms with Gasteiger partial charge in [-0.15, -0.1) is 0 Å². The third-order valence-electron chi connectivity index (χ3n) is 4.80. The van der Waals surface area contributed by atoms with Gasteiger partial charge in [-0.3, -0.25) is 0 Å².